The Morgan fingerprint density at radius 3 is 2.05 bits per heavy atom. The first kappa shape index (κ1) is 18.1. The third-order valence-electron chi connectivity index (χ3n) is 3.27. The summed E-state index contributed by atoms with van der Waals surface area (Å²) in [6, 6.07) is 7.45. The van der Waals surface area contributed by atoms with Gasteiger partial charge in [0.1, 0.15) is 0 Å². The summed E-state index contributed by atoms with van der Waals surface area (Å²) in [4.78, 5) is 1.99. The van der Waals surface area contributed by atoms with Gasteiger partial charge >= 0.3 is 0 Å². The molecule has 5 nitrogen and oxygen atoms in total. The van der Waals surface area contributed by atoms with Crippen molar-refractivity contribution in [3.8, 4) is 0 Å². The van der Waals surface area contributed by atoms with Crippen LogP contribution in [0, 0.1) is 0 Å². The monoisotopic (exact) mass is 313 g/mol. The van der Waals surface area contributed by atoms with Crippen LogP contribution in [0.5, 0.6) is 0 Å². The molecule has 0 spiro atoms. The van der Waals surface area contributed by atoms with Crippen molar-refractivity contribution < 1.29 is 8.42 Å². The van der Waals surface area contributed by atoms with Gasteiger partial charge in [-0.3, -0.25) is 0 Å². The fourth-order valence-corrected chi connectivity index (χ4v) is 3.64. The lowest BCUT2D eigenvalue weighted by atomic mass is 10.1. The van der Waals surface area contributed by atoms with E-state index in [1.807, 2.05) is 50.2 Å². The molecule has 0 fully saturated rings. The molecule has 0 unspecified atom stereocenters. The first-order valence-electron chi connectivity index (χ1n) is 7.29. The molecule has 0 amide bonds. The standard InChI is InChI=1S/C15H27N3O2S/c1-4-9-18(11-10-17(2)3)21(19,20)13-15-7-5-14(12-16)6-8-15/h5-8H,4,9-13,16H2,1-3H3. The second-order valence-electron chi connectivity index (χ2n) is 5.48. The molecular weight excluding hydrogens is 286 g/mol. The Kier molecular flexibility index (Phi) is 7.31. The molecule has 21 heavy (non-hydrogen) atoms. The van der Waals surface area contributed by atoms with Crippen LogP contribution in [0.3, 0.4) is 0 Å². The van der Waals surface area contributed by atoms with Crippen molar-refractivity contribution in [2.24, 2.45) is 5.73 Å². The van der Waals surface area contributed by atoms with Gasteiger partial charge in [0.05, 0.1) is 5.75 Å². The fraction of sp³-hybridized carbons (Fsp3) is 0.600. The van der Waals surface area contributed by atoms with Gasteiger partial charge in [-0.2, -0.15) is 0 Å². The van der Waals surface area contributed by atoms with Gasteiger partial charge in [0.2, 0.25) is 10.0 Å². The summed E-state index contributed by atoms with van der Waals surface area (Å²) in [5.41, 5.74) is 7.36. The number of rotatable bonds is 9. The predicted molar refractivity (Wildman–Crippen MR) is 87.4 cm³/mol. The van der Waals surface area contributed by atoms with E-state index in [1.54, 1.807) is 4.31 Å². The summed E-state index contributed by atoms with van der Waals surface area (Å²) in [6.07, 6.45) is 0.818. The van der Waals surface area contributed by atoms with Crippen LogP contribution in [0.4, 0.5) is 0 Å². The highest BCUT2D eigenvalue weighted by Gasteiger charge is 2.21. The summed E-state index contributed by atoms with van der Waals surface area (Å²) in [5, 5.41) is 0. The summed E-state index contributed by atoms with van der Waals surface area (Å²) in [7, 11) is 0.616. The van der Waals surface area contributed by atoms with Crippen molar-refractivity contribution >= 4 is 10.0 Å². The number of nitrogens with two attached hydrogens (primary N) is 1. The molecule has 0 aromatic heterocycles. The first-order chi connectivity index (χ1) is 9.89. The number of hydrogen-bond donors (Lipinski definition) is 1. The van der Waals surface area contributed by atoms with Crippen LogP contribution in [-0.4, -0.2) is 51.4 Å². The third kappa shape index (κ3) is 6.13. The van der Waals surface area contributed by atoms with Crippen molar-refractivity contribution in [3.63, 3.8) is 0 Å². The average molecular weight is 313 g/mol. The van der Waals surface area contributed by atoms with Crippen molar-refractivity contribution in [2.75, 3.05) is 33.7 Å². The quantitative estimate of drug-likeness (QED) is 0.745. The second kappa shape index (κ2) is 8.48. The molecule has 6 heteroatoms. The second-order valence-corrected chi connectivity index (χ2v) is 7.45. The minimum atomic E-state index is -3.28. The molecule has 0 radical (unpaired) electrons. The van der Waals surface area contributed by atoms with Crippen LogP contribution in [0.25, 0.3) is 0 Å². The van der Waals surface area contributed by atoms with E-state index < -0.39 is 10.0 Å². The van der Waals surface area contributed by atoms with Crippen LogP contribution in [-0.2, 0) is 22.3 Å². The van der Waals surface area contributed by atoms with Crippen LogP contribution in [0.1, 0.15) is 24.5 Å². The minimum Gasteiger partial charge on any atom is -0.326 e. The zero-order chi connectivity index (χ0) is 15.9. The maximum atomic E-state index is 12.5. The largest absolute Gasteiger partial charge is 0.326 e. The summed E-state index contributed by atoms with van der Waals surface area (Å²) < 4.78 is 26.7. The maximum Gasteiger partial charge on any atom is 0.218 e. The van der Waals surface area contributed by atoms with E-state index >= 15 is 0 Å². The number of likely N-dealkylation sites (N-methyl/N-ethyl adjacent to an activating group) is 1. The van der Waals surface area contributed by atoms with E-state index in [4.69, 9.17) is 5.73 Å². The van der Waals surface area contributed by atoms with Gasteiger partial charge in [-0.25, -0.2) is 12.7 Å². The molecule has 1 aromatic rings. The molecular formula is C15H27N3O2S. The van der Waals surface area contributed by atoms with Crippen LogP contribution >= 0.6 is 0 Å². The highest BCUT2D eigenvalue weighted by Crippen LogP contribution is 2.12. The number of hydrogen-bond acceptors (Lipinski definition) is 4. The van der Waals surface area contributed by atoms with Gasteiger partial charge < -0.3 is 10.6 Å². The number of benzene rings is 1. The Bertz CT molecular complexity index is 512. The Balaban J connectivity index is 2.79. The van der Waals surface area contributed by atoms with E-state index in [-0.39, 0.29) is 5.75 Å². The van der Waals surface area contributed by atoms with E-state index in [1.165, 1.54) is 0 Å². The van der Waals surface area contributed by atoms with Crippen molar-refractivity contribution in [1.82, 2.24) is 9.21 Å². The van der Waals surface area contributed by atoms with Gasteiger partial charge in [-0.15, -0.1) is 0 Å². The van der Waals surface area contributed by atoms with Gasteiger partial charge in [0.25, 0.3) is 0 Å². The first-order valence-corrected chi connectivity index (χ1v) is 8.90. The van der Waals surface area contributed by atoms with Crippen molar-refractivity contribution in [2.45, 2.75) is 25.6 Å². The Hall–Kier alpha value is -0.950. The van der Waals surface area contributed by atoms with Crippen LogP contribution in [0.2, 0.25) is 0 Å². The molecule has 0 heterocycles. The van der Waals surface area contributed by atoms with Gasteiger partial charge in [0, 0.05) is 26.2 Å². The molecule has 0 saturated heterocycles. The molecule has 0 bridgehead atoms. The van der Waals surface area contributed by atoms with Crippen molar-refractivity contribution in [1.29, 1.82) is 0 Å². The van der Waals surface area contributed by atoms with E-state index in [0.717, 1.165) is 24.1 Å². The lowest BCUT2D eigenvalue weighted by Gasteiger charge is -2.23. The maximum absolute atomic E-state index is 12.5. The Labute approximate surface area is 128 Å². The predicted octanol–water partition coefficient (Wildman–Crippen LogP) is 1.25. The summed E-state index contributed by atoms with van der Waals surface area (Å²) >= 11 is 0. The van der Waals surface area contributed by atoms with Gasteiger partial charge in [0.15, 0.2) is 0 Å². The Morgan fingerprint density at radius 2 is 1.57 bits per heavy atom. The zero-order valence-electron chi connectivity index (χ0n) is 13.2. The SMILES string of the molecule is CCCN(CCN(C)C)S(=O)(=O)Cc1ccc(CN)cc1. The van der Waals surface area contributed by atoms with Crippen LogP contribution < -0.4 is 5.73 Å². The van der Waals surface area contributed by atoms with Crippen molar-refractivity contribution in [3.05, 3.63) is 35.4 Å². The normalized spacial score (nSPS) is 12.3. The molecule has 0 atom stereocenters. The fourth-order valence-electron chi connectivity index (χ4n) is 2.02. The summed E-state index contributed by atoms with van der Waals surface area (Å²) in [5.74, 6) is 0.0469. The molecule has 1 rings (SSSR count). The summed E-state index contributed by atoms with van der Waals surface area (Å²) in [6.45, 7) is 4.29. The van der Waals surface area contributed by atoms with E-state index in [0.29, 0.717) is 19.6 Å². The van der Waals surface area contributed by atoms with E-state index in [9.17, 15) is 8.42 Å². The molecule has 0 saturated carbocycles. The average Bonchev–Trinajstić information content (AvgIpc) is 2.43. The topological polar surface area (TPSA) is 66.6 Å². The molecule has 120 valence electrons. The smallest absolute Gasteiger partial charge is 0.218 e. The van der Waals surface area contributed by atoms with Gasteiger partial charge in [-0.05, 0) is 31.6 Å². The molecule has 0 aliphatic heterocycles. The lowest BCUT2D eigenvalue weighted by Crippen LogP contribution is -2.37. The highest BCUT2D eigenvalue weighted by atomic mass is 32.2. The number of nitrogens with zero attached hydrogens (tertiary/aromatic N) is 2. The molecule has 2 N–H and O–H groups in total. The number of sulfonamides is 1. The highest BCUT2D eigenvalue weighted by molar-refractivity contribution is 7.88. The lowest BCUT2D eigenvalue weighted by molar-refractivity contribution is 0.332. The minimum absolute atomic E-state index is 0.0469. The van der Waals surface area contributed by atoms with Gasteiger partial charge in [-0.1, -0.05) is 31.2 Å². The molecule has 0 aliphatic rings. The zero-order valence-corrected chi connectivity index (χ0v) is 14.1. The third-order valence-corrected chi connectivity index (χ3v) is 5.12. The van der Waals surface area contributed by atoms with Crippen LogP contribution in [0.15, 0.2) is 24.3 Å². The Morgan fingerprint density at radius 1 is 1.00 bits per heavy atom. The molecule has 1 aromatic carbocycles. The van der Waals surface area contributed by atoms with E-state index in [2.05, 4.69) is 0 Å². The molecule has 0 aliphatic carbocycles.